The van der Waals surface area contributed by atoms with Crippen LogP contribution in [0.15, 0.2) is 35.9 Å². The Morgan fingerprint density at radius 2 is 2.00 bits per heavy atom. The average Bonchev–Trinajstić information content (AvgIpc) is 3.41. The number of aliphatic carboxylic acids is 1. The highest BCUT2D eigenvalue weighted by Crippen LogP contribution is 2.39. The van der Waals surface area contributed by atoms with Crippen molar-refractivity contribution < 1.29 is 19.1 Å². The third-order valence-electron chi connectivity index (χ3n) is 4.86. The van der Waals surface area contributed by atoms with Gasteiger partial charge in [-0.3, -0.25) is 14.5 Å². The Morgan fingerprint density at radius 1 is 1.31 bits per heavy atom. The van der Waals surface area contributed by atoms with Crippen LogP contribution in [0.3, 0.4) is 0 Å². The quantitative estimate of drug-likeness (QED) is 0.566. The van der Waals surface area contributed by atoms with Crippen molar-refractivity contribution >= 4 is 36.8 Å². The smallest absolute Gasteiger partial charge is 0.307 e. The molecular weight excluding hydrogens is 377 g/mol. The number of halogens is 2. The number of rotatable bonds is 6. The summed E-state index contributed by atoms with van der Waals surface area (Å²) in [6.07, 6.45) is 4.05. The molecule has 0 amide bonds. The molecule has 1 saturated heterocycles. The number of ketones is 1. The number of piperidine rings is 1. The van der Waals surface area contributed by atoms with E-state index in [0.29, 0.717) is 25.1 Å². The van der Waals surface area contributed by atoms with Crippen LogP contribution in [0.2, 0.25) is 0 Å². The van der Waals surface area contributed by atoms with Crippen LogP contribution in [0, 0.1) is 11.7 Å². The number of hydrogen-bond donors (Lipinski definition) is 2. The first-order chi connectivity index (χ1) is 12.0. The van der Waals surface area contributed by atoms with Gasteiger partial charge in [0.15, 0.2) is 5.78 Å². The first-order valence-corrected chi connectivity index (χ1v) is 9.10. The summed E-state index contributed by atoms with van der Waals surface area (Å²) in [6.45, 7) is 1.08. The van der Waals surface area contributed by atoms with E-state index in [9.17, 15) is 14.0 Å². The molecule has 2 aliphatic rings. The van der Waals surface area contributed by atoms with Gasteiger partial charge in [0.2, 0.25) is 0 Å². The summed E-state index contributed by atoms with van der Waals surface area (Å²) < 4.78 is 14.4. The number of thiol groups is 1. The van der Waals surface area contributed by atoms with Crippen LogP contribution in [0.1, 0.15) is 37.3 Å². The Kier molecular flexibility index (Phi) is 7.26. The Morgan fingerprint density at radius 3 is 2.62 bits per heavy atom. The molecule has 1 aliphatic carbocycles. The summed E-state index contributed by atoms with van der Waals surface area (Å²) in [6, 6.07) is 5.82. The third-order valence-corrected chi connectivity index (χ3v) is 5.45. The van der Waals surface area contributed by atoms with E-state index in [1.807, 2.05) is 4.90 Å². The molecule has 142 valence electrons. The van der Waals surface area contributed by atoms with Crippen LogP contribution in [-0.4, -0.2) is 40.1 Å². The summed E-state index contributed by atoms with van der Waals surface area (Å²) in [5.74, 6) is -1.18. The zero-order chi connectivity index (χ0) is 18.0. The number of nitrogens with zero attached hydrogens (tertiary/aromatic N) is 1. The SMILES string of the molecule is Cl.O=C(O)C/C=C1\CN(C(C(=O)C2CC2)c2ccccc2F)CCC1S. The molecule has 1 aromatic carbocycles. The van der Waals surface area contributed by atoms with Gasteiger partial charge in [0.25, 0.3) is 0 Å². The number of carboxylic acids is 1. The van der Waals surface area contributed by atoms with Crippen molar-refractivity contribution in [3.63, 3.8) is 0 Å². The second kappa shape index (κ2) is 9.02. The summed E-state index contributed by atoms with van der Waals surface area (Å²) in [5.41, 5.74) is 1.30. The highest BCUT2D eigenvalue weighted by Gasteiger charge is 2.40. The van der Waals surface area contributed by atoms with Crippen molar-refractivity contribution in [2.24, 2.45) is 5.92 Å². The third kappa shape index (κ3) is 4.87. The molecule has 1 aromatic rings. The Bertz CT molecular complexity index is 708. The van der Waals surface area contributed by atoms with Crippen LogP contribution in [-0.2, 0) is 9.59 Å². The Balaban J connectivity index is 0.00000243. The molecule has 2 fully saturated rings. The highest BCUT2D eigenvalue weighted by molar-refractivity contribution is 7.81. The van der Waals surface area contributed by atoms with Gasteiger partial charge in [0.05, 0.1) is 12.5 Å². The fourth-order valence-corrected chi connectivity index (χ4v) is 3.65. The summed E-state index contributed by atoms with van der Waals surface area (Å²) in [7, 11) is 0. The Labute approximate surface area is 164 Å². The average molecular weight is 400 g/mol. The maximum absolute atomic E-state index is 14.4. The van der Waals surface area contributed by atoms with Gasteiger partial charge >= 0.3 is 5.97 Å². The molecule has 0 bridgehead atoms. The molecule has 0 radical (unpaired) electrons. The van der Waals surface area contributed by atoms with E-state index in [1.165, 1.54) is 6.07 Å². The monoisotopic (exact) mass is 399 g/mol. The van der Waals surface area contributed by atoms with Gasteiger partial charge in [-0.15, -0.1) is 12.4 Å². The molecule has 0 spiro atoms. The summed E-state index contributed by atoms with van der Waals surface area (Å²) in [4.78, 5) is 25.7. The number of carboxylic acid groups (broad SMARTS) is 1. The lowest BCUT2D eigenvalue weighted by Gasteiger charge is -2.37. The van der Waals surface area contributed by atoms with E-state index in [4.69, 9.17) is 5.11 Å². The zero-order valence-corrected chi connectivity index (χ0v) is 16.0. The largest absolute Gasteiger partial charge is 0.481 e. The van der Waals surface area contributed by atoms with Gasteiger partial charge in [-0.2, -0.15) is 12.6 Å². The minimum absolute atomic E-state index is 0. The van der Waals surface area contributed by atoms with Gasteiger partial charge < -0.3 is 5.11 Å². The lowest BCUT2D eigenvalue weighted by molar-refractivity contribution is -0.136. The minimum Gasteiger partial charge on any atom is -0.481 e. The standard InChI is InChI=1S/C19H22FNO3S.ClH/c20-15-4-2-1-3-14(15)18(19(24)12-5-6-12)21-10-9-16(25)13(11-21)7-8-17(22)23;/h1-4,7,12,16,18,25H,5-6,8-11H2,(H,22,23);1H/b13-7+;. The van der Waals surface area contributed by atoms with Crippen molar-refractivity contribution in [2.75, 3.05) is 13.1 Å². The molecule has 2 unspecified atom stereocenters. The van der Waals surface area contributed by atoms with E-state index < -0.39 is 12.0 Å². The second-order valence-electron chi connectivity index (χ2n) is 6.75. The van der Waals surface area contributed by atoms with E-state index >= 15 is 0 Å². The normalized spacial score (nSPS) is 23.3. The number of carbonyl (C=O) groups is 2. The van der Waals surface area contributed by atoms with Crippen LogP contribution < -0.4 is 0 Å². The molecule has 7 heteroatoms. The van der Waals surface area contributed by atoms with Crippen molar-refractivity contribution in [1.82, 2.24) is 4.90 Å². The number of carbonyl (C=O) groups excluding carboxylic acids is 1. The maximum atomic E-state index is 14.4. The van der Waals surface area contributed by atoms with Crippen LogP contribution in [0.5, 0.6) is 0 Å². The summed E-state index contributed by atoms with van der Waals surface area (Å²) in [5, 5.41) is 8.88. The highest BCUT2D eigenvalue weighted by atomic mass is 35.5. The number of benzene rings is 1. The van der Waals surface area contributed by atoms with E-state index in [1.54, 1.807) is 24.3 Å². The molecular formula is C19H23ClFNO3S. The van der Waals surface area contributed by atoms with E-state index in [2.05, 4.69) is 12.6 Å². The van der Waals surface area contributed by atoms with E-state index in [0.717, 1.165) is 18.4 Å². The van der Waals surface area contributed by atoms with Crippen LogP contribution in [0.25, 0.3) is 0 Å². The second-order valence-corrected chi connectivity index (χ2v) is 7.38. The van der Waals surface area contributed by atoms with Crippen molar-refractivity contribution in [1.29, 1.82) is 0 Å². The van der Waals surface area contributed by atoms with Crippen molar-refractivity contribution in [3.8, 4) is 0 Å². The zero-order valence-electron chi connectivity index (χ0n) is 14.3. The van der Waals surface area contributed by atoms with Gasteiger partial charge in [0, 0.05) is 29.8 Å². The fourth-order valence-electron chi connectivity index (χ4n) is 3.35. The Hall–Kier alpha value is -1.37. The molecule has 1 heterocycles. The molecule has 4 nitrogen and oxygen atoms in total. The minimum atomic E-state index is -0.898. The maximum Gasteiger partial charge on any atom is 0.307 e. The first-order valence-electron chi connectivity index (χ1n) is 8.58. The topological polar surface area (TPSA) is 57.6 Å². The first kappa shape index (κ1) is 20.9. The van der Waals surface area contributed by atoms with Gasteiger partial charge in [-0.1, -0.05) is 24.3 Å². The molecule has 26 heavy (non-hydrogen) atoms. The fraction of sp³-hybridized carbons (Fsp3) is 0.474. The molecule has 0 aromatic heterocycles. The van der Waals surface area contributed by atoms with Crippen LogP contribution in [0.4, 0.5) is 4.39 Å². The molecule has 1 aliphatic heterocycles. The van der Waals surface area contributed by atoms with Crippen molar-refractivity contribution in [2.45, 2.75) is 37.0 Å². The lowest BCUT2D eigenvalue weighted by Crippen LogP contribution is -2.42. The van der Waals surface area contributed by atoms with Crippen LogP contribution >= 0.6 is 25.0 Å². The molecule has 2 atom stereocenters. The van der Waals surface area contributed by atoms with Gasteiger partial charge in [-0.25, -0.2) is 4.39 Å². The number of Topliss-reactive ketones (excluding diaryl/α,β-unsaturated/α-hetero) is 1. The predicted molar refractivity (Wildman–Crippen MR) is 103 cm³/mol. The van der Waals surface area contributed by atoms with Gasteiger partial charge in [0.1, 0.15) is 5.82 Å². The number of hydrogen-bond acceptors (Lipinski definition) is 4. The molecule has 1 N–H and O–H groups in total. The van der Waals surface area contributed by atoms with E-state index in [-0.39, 0.29) is 41.6 Å². The lowest BCUT2D eigenvalue weighted by atomic mass is 9.93. The van der Waals surface area contributed by atoms with Crippen molar-refractivity contribution in [3.05, 3.63) is 47.3 Å². The van der Waals surface area contributed by atoms with Gasteiger partial charge in [-0.05, 0) is 30.9 Å². The molecule has 1 saturated carbocycles. The predicted octanol–water partition coefficient (Wildman–Crippen LogP) is 3.67. The molecule has 3 rings (SSSR count). The number of likely N-dealkylation sites (tertiary alicyclic amines) is 1. The summed E-state index contributed by atoms with van der Waals surface area (Å²) >= 11 is 4.53.